The maximum absolute atomic E-state index is 13.7. The van der Waals surface area contributed by atoms with E-state index in [2.05, 4.69) is 10.1 Å². The zero-order chi connectivity index (χ0) is 13.8. The highest BCUT2D eigenvalue weighted by molar-refractivity contribution is 7.99. The molecule has 1 aliphatic rings. The number of nitrogens with one attached hydrogen (secondary N) is 1. The molecule has 0 amide bonds. The molecule has 1 atom stereocenters. The predicted octanol–water partition coefficient (Wildman–Crippen LogP) is 3.06. The lowest BCUT2D eigenvalue weighted by molar-refractivity contribution is 0.0595. The van der Waals surface area contributed by atoms with Gasteiger partial charge in [0.15, 0.2) is 0 Å². The van der Waals surface area contributed by atoms with Crippen molar-refractivity contribution in [3.63, 3.8) is 0 Å². The molecule has 6 heteroatoms. The van der Waals surface area contributed by atoms with Crippen LogP contribution in [-0.4, -0.2) is 30.6 Å². The monoisotopic (exact) mass is 287 g/mol. The molecule has 0 saturated carbocycles. The van der Waals surface area contributed by atoms with Gasteiger partial charge >= 0.3 is 5.97 Å². The fourth-order valence-corrected chi connectivity index (χ4v) is 3.07. The second-order valence-corrected chi connectivity index (χ2v) is 5.51. The van der Waals surface area contributed by atoms with Crippen molar-refractivity contribution in [2.24, 2.45) is 0 Å². The summed E-state index contributed by atoms with van der Waals surface area (Å²) in [5.74, 6) is -0.422. The van der Waals surface area contributed by atoms with E-state index in [0.29, 0.717) is 6.07 Å². The fourth-order valence-electron chi connectivity index (χ4n) is 2.00. The second-order valence-electron chi connectivity index (χ2n) is 4.36. The number of carbonyl (C=O) groups is 1. The molecule has 0 aromatic heterocycles. The van der Waals surface area contributed by atoms with Crippen LogP contribution < -0.4 is 5.32 Å². The molecule has 1 unspecified atom stereocenters. The van der Waals surface area contributed by atoms with Crippen LogP contribution in [0.5, 0.6) is 0 Å². The predicted molar refractivity (Wildman–Crippen MR) is 71.7 cm³/mol. The maximum Gasteiger partial charge on any atom is 0.340 e. The lowest BCUT2D eigenvalue weighted by atomic mass is 10.1. The Bertz CT molecular complexity index is 476. The molecule has 1 heterocycles. The lowest BCUT2D eigenvalue weighted by Gasteiger charge is -2.24. The van der Waals surface area contributed by atoms with Crippen LogP contribution in [-0.2, 0) is 4.74 Å². The first-order valence-corrected chi connectivity index (χ1v) is 7.19. The summed E-state index contributed by atoms with van der Waals surface area (Å²) in [6.45, 7) is 0. The molecule has 1 aliphatic heterocycles. The minimum Gasteiger partial charge on any atom is -0.465 e. The second kappa shape index (κ2) is 6.23. The molecule has 2 rings (SSSR count). The molecule has 1 N–H and O–H groups in total. The van der Waals surface area contributed by atoms with Gasteiger partial charge in [0.05, 0.1) is 18.4 Å². The number of benzene rings is 1. The quantitative estimate of drug-likeness (QED) is 0.867. The van der Waals surface area contributed by atoms with E-state index in [1.54, 1.807) is 11.8 Å². The van der Waals surface area contributed by atoms with E-state index in [1.807, 2.05) is 0 Å². The molecule has 1 saturated heterocycles. The van der Waals surface area contributed by atoms with Gasteiger partial charge in [0.2, 0.25) is 0 Å². The number of hydrogen-bond donors (Lipinski definition) is 1. The van der Waals surface area contributed by atoms with Crippen molar-refractivity contribution < 1.29 is 18.3 Å². The van der Waals surface area contributed by atoms with Crippen molar-refractivity contribution in [2.75, 3.05) is 23.9 Å². The first-order valence-electron chi connectivity index (χ1n) is 6.03. The van der Waals surface area contributed by atoms with Gasteiger partial charge in [-0.15, -0.1) is 0 Å². The summed E-state index contributed by atoms with van der Waals surface area (Å²) in [4.78, 5) is 11.4. The largest absolute Gasteiger partial charge is 0.465 e. The molecule has 1 aromatic rings. The highest BCUT2D eigenvalue weighted by atomic mass is 32.2. The molecule has 104 valence electrons. The summed E-state index contributed by atoms with van der Waals surface area (Å²) in [5.41, 5.74) is -0.107. The number of rotatable bonds is 3. The average Bonchev–Trinajstić information content (AvgIpc) is 2.42. The Balaban J connectivity index is 2.21. The van der Waals surface area contributed by atoms with Gasteiger partial charge < -0.3 is 10.1 Å². The van der Waals surface area contributed by atoms with Crippen LogP contribution in [0, 0.1) is 11.6 Å². The molecule has 19 heavy (non-hydrogen) atoms. The highest BCUT2D eigenvalue weighted by Gasteiger charge is 2.19. The Morgan fingerprint density at radius 3 is 2.84 bits per heavy atom. The minimum atomic E-state index is -0.909. The van der Waals surface area contributed by atoms with Gasteiger partial charge in [-0.2, -0.15) is 11.8 Å². The number of ether oxygens (including phenoxy) is 1. The Kier molecular flexibility index (Phi) is 4.63. The van der Waals surface area contributed by atoms with Crippen molar-refractivity contribution >= 4 is 23.4 Å². The molecular formula is C13H15F2NO2S. The van der Waals surface area contributed by atoms with Crippen LogP contribution in [0.3, 0.4) is 0 Å². The van der Waals surface area contributed by atoms with Gasteiger partial charge in [-0.1, -0.05) is 0 Å². The normalized spacial score (nSPS) is 19.0. The van der Waals surface area contributed by atoms with E-state index in [9.17, 15) is 13.6 Å². The van der Waals surface area contributed by atoms with Gasteiger partial charge in [0.25, 0.3) is 0 Å². The van der Waals surface area contributed by atoms with E-state index >= 15 is 0 Å². The summed E-state index contributed by atoms with van der Waals surface area (Å²) >= 11 is 1.80. The zero-order valence-electron chi connectivity index (χ0n) is 10.5. The van der Waals surface area contributed by atoms with E-state index in [0.717, 1.165) is 31.5 Å². The number of carbonyl (C=O) groups excluding carboxylic acids is 1. The van der Waals surface area contributed by atoms with Gasteiger partial charge in [-0.25, -0.2) is 13.6 Å². The number of halogens is 2. The third kappa shape index (κ3) is 3.37. The maximum atomic E-state index is 13.7. The smallest absolute Gasteiger partial charge is 0.340 e. The molecule has 0 aliphatic carbocycles. The van der Waals surface area contributed by atoms with Gasteiger partial charge in [-0.05, 0) is 24.7 Å². The summed E-state index contributed by atoms with van der Waals surface area (Å²) < 4.78 is 31.6. The van der Waals surface area contributed by atoms with Gasteiger partial charge in [0.1, 0.15) is 11.6 Å². The van der Waals surface area contributed by atoms with Crippen molar-refractivity contribution in [3.8, 4) is 0 Å². The number of anilines is 1. The van der Waals surface area contributed by atoms with Crippen LogP contribution in [0.15, 0.2) is 12.1 Å². The Labute approximate surface area is 114 Å². The van der Waals surface area contributed by atoms with E-state index in [4.69, 9.17) is 0 Å². The van der Waals surface area contributed by atoms with E-state index in [1.165, 1.54) is 6.07 Å². The Hall–Kier alpha value is -1.30. The fraction of sp³-hybridized carbons (Fsp3) is 0.462. The first kappa shape index (κ1) is 14.1. The first-order chi connectivity index (χ1) is 9.11. The minimum absolute atomic E-state index is 0.143. The molecule has 0 radical (unpaired) electrons. The lowest BCUT2D eigenvalue weighted by Crippen LogP contribution is -2.26. The van der Waals surface area contributed by atoms with Crippen molar-refractivity contribution in [3.05, 3.63) is 29.3 Å². The van der Waals surface area contributed by atoms with Crippen molar-refractivity contribution in [2.45, 2.75) is 18.9 Å². The number of esters is 1. The zero-order valence-corrected chi connectivity index (χ0v) is 11.4. The standard InChI is InChI=1S/C13H15F2NO2S/c1-18-13(17)9-5-12(11(15)6-10(9)14)16-8-3-2-4-19-7-8/h5-6,8,16H,2-4,7H2,1H3. The van der Waals surface area contributed by atoms with Crippen molar-refractivity contribution in [1.29, 1.82) is 0 Å². The highest BCUT2D eigenvalue weighted by Crippen LogP contribution is 2.25. The van der Waals surface area contributed by atoms with E-state index in [-0.39, 0.29) is 17.3 Å². The molecule has 3 nitrogen and oxygen atoms in total. The van der Waals surface area contributed by atoms with Crippen LogP contribution >= 0.6 is 11.8 Å². The molecule has 1 fully saturated rings. The third-order valence-electron chi connectivity index (χ3n) is 2.98. The van der Waals surface area contributed by atoms with Crippen LogP contribution in [0.25, 0.3) is 0 Å². The number of thioether (sulfide) groups is 1. The number of methoxy groups -OCH3 is 1. The Morgan fingerprint density at radius 2 is 2.21 bits per heavy atom. The van der Waals surface area contributed by atoms with Crippen molar-refractivity contribution in [1.82, 2.24) is 0 Å². The van der Waals surface area contributed by atoms with Gasteiger partial charge in [-0.3, -0.25) is 0 Å². The molecular weight excluding hydrogens is 272 g/mol. The third-order valence-corrected chi connectivity index (χ3v) is 4.20. The van der Waals surface area contributed by atoms with Crippen LogP contribution in [0.4, 0.5) is 14.5 Å². The summed E-state index contributed by atoms with van der Waals surface area (Å²) in [6, 6.07) is 2.03. The summed E-state index contributed by atoms with van der Waals surface area (Å²) in [7, 11) is 1.16. The summed E-state index contributed by atoms with van der Waals surface area (Å²) in [5, 5.41) is 3.03. The molecule has 0 bridgehead atoms. The van der Waals surface area contributed by atoms with Gasteiger partial charge in [0, 0.05) is 17.9 Å². The average molecular weight is 287 g/mol. The van der Waals surface area contributed by atoms with E-state index < -0.39 is 17.6 Å². The Morgan fingerprint density at radius 1 is 1.42 bits per heavy atom. The SMILES string of the molecule is COC(=O)c1cc(NC2CCCSC2)c(F)cc1F. The topological polar surface area (TPSA) is 38.3 Å². The molecule has 0 spiro atoms. The number of hydrogen-bond acceptors (Lipinski definition) is 4. The molecule has 1 aromatic carbocycles. The van der Waals surface area contributed by atoms with Crippen LogP contribution in [0.2, 0.25) is 0 Å². The van der Waals surface area contributed by atoms with Crippen LogP contribution in [0.1, 0.15) is 23.2 Å². The summed E-state index contributed by atoms with van der Waals surface area (Å²) in [6.07, 6.45) is 2.01.